The molecule has 2 aromatic heterocycles. The van der Waals surface area contributed by atoms with Crippen LogP contribution in [0.4, 0.5) is 0 Å². The maximum atomic E-state index is 6.54. The molecule has 0 fully saturated rings. The van der Waals surface area contributed by atoms with E-state index in [-0.39, 0.29) is 0 Å². The highest BCUT2D eigenvalue weighted by molar-refractivity contribution is 7.15. The van der Waals surface area contributed by atoms with E-state index in [1.54, 1.807) is 0 Å². The zero-order valence-electron chi connectivity index (χ0n) is 17.2. The number of thiophene rings is 1. The van der Waals surface area contributed by atoms with Gasteiger partial charge in [-0.05, 0) is 51.7 Å². The quantitative estimate of drug-likeness (QED) is 0.439. The molecule has 29 heavy (non-hydrogen) atoms. The standard InChI is InChI=1S/C23H25ClN4S/c1-14(2)8-7-9-15(3)20-12-18-22(17-10-5-6-11-19(17)24)25-13-21-27-26-16(4)28(21)23(18)29-20/h5-6,8,10-12,15H,7,9,13H2,1-4H3. The highest BCUT2D eigenvalue weighted by Gasteiger charge is 2.26. The van der Waals surface area contributed by atoms with Crippen molar-refractivity contribution in [1.82, 2.24) is 14.8 Å². The molecule has 150 valence electrons. The molecule has 0 amide bonds. The molecular formula is C23H25ClN4S. The van der Waals surface area contributed by atoms with E-state index in [1.807, 2.05) is 42.5 Å². The lowest BCUT2D eigenvalue weighted by atomic mass is 9.99. The van der Waals surface area contributed by atoms with Crippen molar-refractivity contribution in [3.8, 4) is 5.00 Å². The average Bonchev–Trinajstić information content (AvgIpc) is 3.23. The van der Waals surface area contributed by atoms with E-state index < -0.39 is 0 Å². The summed E-state index contributed by atoms with van der Waals surface area (Å²) in [5.74, 6) is 2.23. The van der Waals surface area contributed by atoms with Crippen molar-refractivity contribution in [1.29, 1.82) is 0 Å². The minimum Gasteiger partial charge on any atom is -0.276 e. The van der Waals surface area contributed by atoms with Gasteiger partial charge in [0.2, 0.25) is 0 Å². The van der Waals surface area contributed by atoms with Crippen LogP contribution in [0.2, 0.25) is 5.02 Å². The fourth-order valence-corrected chi connectivity index (χ4v) is 5.17. The summed E-state index contributed by atoms with van der Waals surface area (Å²) >= 11 is 8.36. The lowest BCUT2D eigenvalue weighted by molar-refractivity contribution is 0.700. The Labute approximate surface area is 181 Å². The number of allylic oxidation sites excluding steroid dienone is 2. The van der Waals surface area contributed by atoms with Crippen molar-refractivity contribution in [3.63, 3.8) is 0 Å². The molecular weight excluding hydrogens is 400 g/mol. The molecule has 0 saturated heterocycles. The van der Waals surface area contributed by atoms with Gasteiger partial charge in [-0.1, -0.05) is 48.4 Å². The number of nitrogens with zero attached hydrogens (tertiary/aromatic N) is 4. The van der Waals surface area contributed by atoms with E-state index in [0.29, 0.717) is 12.5 Å². The predicted molar refractivity (Wildman–Crippen MR) is 122 cm³/mol. The van der Waals surface area contributed by atoms with Gasteiger partial charge in [0, 0.05) is 21.0 Å². The number of aryl methyl sites for hydroxylation is 1. The van der Waals surface area contributed by atoms with Gasteiger partial charge in [0.25, 0.3) is 0 Å². The van der Waals surface area contributed by atoms with E-state index in [1.165, 1.54) is 10.5 Å². The molecule has 3 aromatic rings. The number of hydrogen-bond acceptors (Lipinski definition) is 4. The zero-order valence-corrected chi connectivity index (χ0v) is 18.8. The average molecular weight is 425 g/mol. The second-order valence-corrected chi connectivity index (χ2v) is 9.24. The van der Waals surface area contributed by atoms with Crippen LogP contribution in [0.3, 0.4) is 0 Å². The summed E-state index contributed by atoms with van der Waals surface area (Å²) in [6.45, 7) is 9.10. The maximum Gasteiger partial charge on any atom is 0.160 e. The second-order valence-electron chi connectivity index (χ2n) is 7.77. The molecule has 4 nitrogen and oxygen atoms in total. The smallest absolute Gasteiger partial charge is 0.160 e. The first-order valence-electron chi connectivity index (χ1n) is 9.93. The highest BCUT2D eigenvalue weighted by atomic mass is 35.5. The topological polar surface area (TPSA) is 43.1 Å². The van der Waals surface area contributed by atoms with Crippen LogP contribution in [0, 0.1) is 6.92 Å². The fraction of sp³-hybridized carbons (Fsp3) is 0.348. The third kappa shape index (κ3) is 3.94. The summed E-state index contributed by atoms with van der Waals surface area (Å²) in [6, 6.07) is 10.2. The number of halogens is 1. The lowest BCUT2D eigenvalue weighted by Gasteiger charge is -2.08. The molecule has 1 aromatic carbocycles. The van der Waals surface area contributed by atoms with Crippen molar-refractivity contribution in [3.05, 3.63) is 74.7 Å². The number of aliphatic imine (C=N–C) groups is 1. The Morgan fingerprint density at radius 3 is 2.79 bits per heavy atom. The molecule has 6 heteroatoms. The summed E-state index contributed by atoms with van der Waals surface area (Å²) in [5.41, 5.74) is 4.40. The molecule has 0 spiro atoms. The molecule has 1 aliphatic heterocycles. The highest BCUT2D eigenvalue weighted by Crippen LogP contribution is 2.38. The first kappa shape index (κ1) is 20.0. The molecule has 1 aliphatic rings. The Balaban J connectivity index is 1.81. The van der Waals surface area contributed by atoms with Gasteiger partial charge in [-0.15, -0.1) is 21.5 Å². The van der Waals surface area contributed by atoms with Crippen LogP contribution in [0.5, 0.6) is 0 Å². The van der Waals surface area contributed by atoms with Gasteiger partial charge in [0.1, 0.15) is 17.4 Å². The lowest BCUT2D eigenvalue weighted by Crippen LogP contribution is -2.05. The Morgan fingerprint density at radius 2 is 2.03 bits per heavy atom. The van der Waals surface area contributed by atoms with Gasteiger partial charge in [-0.3, -0.25) is 9.56 Å². The predicted octanol–water partition coefficient (Wildman–Crippen LogP) is 6.49. The number of benzene rings is 1. The summed E-state index contributed by atoms with van der Waals surface area (Å²) in [4.78, 5) is 6.27. The van der Waals surface area contributed by atoms with Crippen LogP contribution in [-0.2, 0) is 6.54 Å². The molecule has 0 N–H and O–H groups in total. The molecule has 0 aliphatic carbocycles. The normalized spacial score (nSPS) is 13.9. The van der Waals surface area contributed by atoms with Crippen molar-refractivity contribution < 1.29 is 0 Å². The second kappa shape index (κ2) is 8.25. The van der Waals surface area contributed by atoms with Crippen molar-refractivity contribution in [2.45, 2.75) is 53.0 Å². The third-order valence-corrected chi connectivity index (χ3v) is 6.91. The Morgan fingerprint density at radius 1 is 1.24 bits per heavy atom. The first-order chi connectivity index (χ1) is 14.0. The molecule has 3 heterocycles. The van der Waals surface area contributed by atoms with E-state index >= 15 is 0 Å². The number of hydrogen-bond donors (Lipinski definition) is 0. The third-order valence-electron chi connectivity index (χ3n) is 5.23. The number of aromatic nitrogens is 3. The van der Waals surface area contributed by atoms with Crippen LogP contribution in [0.1, 0.15) is 67.2 Å². The number of rotatable bonds is 5. The van der Waals surface area contributed by atoms with Crippen LogP contribution in [0.15, 0.2) is 47.0 Å². The Hall–Kier alpha value is -2.24. The number of fused-ring (bicyclic) bond motifs is 3. The van der Waals surface area contributed by atoms with Gasteiger partial charge >= 0.3 is 0 Å². The monoisotopic (exact) mass is 424 g/mol. The van der Waals surface area contributed by atoms with Crippen LogP contribution >= 0.6 is 22.9 Å². The van der Waals surface area contributed by atoms with E-state index in [9.17, 15) is 0 Å². The molecule has 4 rings (SSSR count). The summed E-state index contributed by atoms with van der Waals surface area (Å²) < 4.78 is 2.15. The van der Waals surface area contributed by atoms with Gasteiger partial charge in [0.05, 0.1) is 5.71 Å². The SMILES string of the molecule is CC(C)=CCCC(C)c1cc2c(s1)-n1c(C)nnc1CN=C2c1ccccc1Cl. The van der Waals surface area contributed by atoms with Crippen LogP contribution in [-0.4, -0.2) is 20.5 Å². The van der Waals surface area contributed by atoms with Crippen LogP contribution < -0.4 is 0 Å². The molecule has 0 saturated carbocycles. The zero-order chi connectivity index (χ0) is 20.5. The van der Waals surface area contributed by atoms with Gasteiger partial charge in [0.15, 0.2) is 5.82 Å². The Kier molecular flexibility index (Phi) is 5.70. The molecule has 0 bridgehead atoms. The summed E-state index contributed by atoms with van der Waals surface area (Å²) in [7, 11) is 0. The minimum atomic E-state index is 0.468. The minimum absolute atomic E-state index is 0.468. The molecule has 0 radical (unpaired) electrons. The van der Waals surface area contributed by atoms with Gasteiger partial charge in [-0.2, -0.15) is 0 Å². The van der Waals surface area contributed by atoms with Gasteiger partial charge < -0.3 is 0 Å². The fourth-order valence-electron chi connectivity index (χ4n) is 3.63. The largest absolute Gasteiger partial charge is 0.276 e. The Bertz CT molecular complexity index is 1100. The van der Waals surface area contributed by atoms with E-state index in [4.69, 9.17) is 16.6 Å². The summed E-state index contributed by atoms with van der Waals surface area (Å²) in [5, 5.41) is 10.5. The molecule has 1 atom stereocenters. The van der Waals surface area contributed by atoms with Crippen molar-refractivity contribution in [2.24, 2.45) is 4.99 Å². The van der Waals surface area contributed by atoms with Crippen LogP contribution in [0.25, 0.3) is 5.00 Å². The van der Waals surface area contributed by atoms with E-state index in [2.05, 4.69) is 47.7 Å². The molecule has 1 unspecified atom stereocenters. The van der Waals surface area contributed by atoms with Crippen molar-refractivity contribution in [2.75, 3.05) is 0 Å². The van der Waals surface area contributed by atoms with Gasteiger partial charge in [-0.25, -0.2) is 0 Å². The van der Waals surface area contributed by atoms with Crippen molar-refractivity contribution >= 4 is 28.6 Å². The maximum absolute atomic E-state index is 6.54. The first-order valence-corrected chi connectivity index (χ1v) is 11.1. The summed E-state index contributed by atoms with van der Waals surface area (Å²) in [6.07, 6.45) is 4.53. The van der Waals surface area contributed by atoms with E-state index in [0.717, 1.165) is 51.4 Å².